The SMILES string of the molecule is CNCCc1ccc(C(C)F)c(Br)c1. The molecule has 1 rings (SSSR count). The molecule has 1 aromatic carbocycles. The number of hydrogen-bond acceptors (Lipinski definition) is 1. The third kappa shape index (κ3) is 3.07. The predicted octanol–water partition coefficient (Wildman–Crippen LogP) is 3.24. The predicted molar refractivity (Wildman–Crippen MR) is 61.3 cm³/mol. The minimum Gasteiger partial charge on any atom is -0.319 e. The van der Waals surface area contributed by atoms with Crippen molar-refractivity contribution in [2.75, 3.05) is 13.6 Å². The summed E-state index contributed by atoms with van der Waals surface area (Å²) in [6.45, 7) is 2.49. The second-order valence-corrected chi connectivity index (χ2v) is 4.18. The van der Waals surface area contributed by atoms with E-state index in [1.165, 1.54) is 5.56 Å². The molecule has 0 saturated carbocycles. The Hall–Kier alpha value is -0.410. The molecular formula is C11H15BrFN. The fraction of sp³-hybridized carbons (Fsp3) is 0.455. The first-order valence-corrected chi connectivity index (χ1v) is 5.51. The number of likely N-dealkylation sites (N-methyl/N-ethyl adjacent to an activating group) is 1. The van der Waals surface area contributed by atoms with Crippen molar-refractivity contribution in [2.24, 2.45) is 0 Å². The van der Waals surface area contributed by atoms with Gasteiger partial charge in [-0.05, 0) is 44.1 Å². The Morgan fingerprint density at radius 2 is 2.21 bits per heavy atom. The molecule has 78 valence electrons. The maximum atomic E-state index is 13.0. The number of rotatable bonds is 4. The summed E-state index contributed by atoms with van der Waals surface area (Å²) in [7, 11) is 1.92. The zero-order valence-corrected chi connectivity index (χ0v) is 10.1. The number of halogens is 2. The lowest BCUT2D eigenvalue weighted by atomic mass is 10.1. The van der Waals surface area contributed by atoms with Crippen LogP contribution in [0.25, 0.3) is 0 Å². The van der Waals surface area contributed by atoms with Crippen molar-refractivity contribution in [2.45, 2.75) is 19.5 Å². The van der Waals surface area contributed by atoms with Crippen LogP contribution < -0.4 is 5.32 Å². The molecule has 1 unspecified atom stereocenters. The van der Waals surface area contributed by atoms with E-state index >= 15 is 0 Å². The third-order valence-corrected chi connectivity index (χ3v) is 2.84. The fourth-order valence-corrected chi connectivity index (χ4v) is 2.06. The second-order valence-electron chi connectivity index (χ2n) is 3.33. The van der Waals surface area contributed by atoms with Crippen LogP contribution in [-0.2, 0) is 6.42 Å². The van der Waals surface area contributed by atoms with Gasteiger partial charge in [-0.3, -0.25) is 0 Å². The molecular weight excluding hydrogens is 245 g/mol. The van der Waals surface area contributed by atoms with Gasteiger partial charge in [-0.15, -0.1) is 0 Å². The van der Waals surface area contributed by atoms with Gasteiger partial charge in [0.15, 0.2) is 0 Å². The Bertz CT molecular complexity index is 299. The van der Waals surface area contributed by atoms with E-state index in [4.69, 9.17) is 0 Å². The first-order valence-electron chi connectivity index (χ1n) is 4.72. The summed E-state index contributed by atoms with van der Waals surface area (Å²) in [5, 5.41) is 3.08. The maximum Gasteiger partial charge on any atom is 0.123 e. The minimum atomic E-state index is -0.914. The number of alkyl halides is 1. The molecule has 14 heavy (non-hydrogen) atoms. The van der Waals surface area contributed by atoms with Gasteiger partial charge >= 0.3 is 0 Å². The van der Waals surface area contributed by atoms with Gasteiger partial charge < -0.3 is 5.32 Å². The Kier molecular flexibility index (Phi) is 4.55. The van der Waals surface area contributed by atoms with Crippen LogP contribution in [0.3, 0.4) is 0 Å². The van der Waals surface area contributed by atoms with Gasteiger partial charge in [0, 0.05) is 4.47 Å². The summed E-state index contributed by atoms with van der Waals surface area (Å²) in [6, 6.07) is 5.82. The minimum absolute atomic E-state index is 0.721. The molecule has 0 spiro atoms. The van der Waals surface area contributed by atoms with Crippen molar-refractivity contribution in [1.82, 2.24) is 5.32 Å². The highest BCUT2D eigenvalue weighted by Crippen LogP contribution is 2.26. The van der Waals surface area contributed by atoms with E-state index in [-0.39, 0.29) is 0 Å². The summed E-state index contributed by atoms with van der Waals surface area (Å²) in [5.41, 5.74) is 1.94. The molecule has 0 fully saturated rings. The van der Waals surface area contributed by atoms with E-state index in [1.807, 2.05) is 25.2 Å². The number of hydrogen-bond donors (Lipinski definition) is 1. The average Bonchev–Trinajstić information content (AvgIpc) is 2.14. The van der Waals surface area contributed by atoms with Gasteiger partial charge in [0.05, 0.1) is 0 Å². The average molecular weight is 260 g/mol. The Balaban J connectivity index is 2.78. The van der Waals surface area contributed by atoms with Gasteiger partial charge in [0.2, 0.25) is 0 Å². The van der Waals surface area contributed by atoms with Crippen molar-refractivity contribution < 1.29 is 4.39 Å². The van der Waals surface area contributed by atoms with Crippen LogP contribution in [0.4, 0.5) is 4.39 Å². The zero-order valence-electron chi connectivity index (χ0n) is 8.48. The topological polar surface area (TPSA) is 12.0 Å². The molecule has 1 aromatic rings. The summed E-state index contributed by atoms with van der Waals surface area (Å²) in [6.07, 6.45) is 0.0542. The van der Waals surface area contributed by atoms with Crippen LogP contribution >= 0.6 is 15.9 Å². The lowest BCUT2D eigenvalue weighted by molar-refractivity contribution is 0.373. The van der Waals surface area contributed by atoms with Crippen molar-refractivity contribution in [3.63, 3.8) is 0 Å². The molecule has 1 nitrogen and oxygen atoms in total. The maximum absolute atomic E-state index is 13.0. The first-order chi connectivity index (χ1) is 6.65. The Morgan fingerprint density at radius 1 is 1.50 bits per heavy atom. The van der Waals surface area contributed by atoms with E-state index in [9.17, 15) is 4.39 Å². The highest BCUT2D eigenvalue weighted by atomic mass is 79.9. The Labute approximate surface area is 92.8 Å². The van der Waals surface area contributed by atoms with Crippen LogP contribution in [0.1, 0.15) is 24.2 Å². The van der Waals surface area contributed by atoms with Crippen LogP contribution in [0.5, 0.6) is 0 Å². The monoisotopic (exact) mass is 259 g/mol. The summed E-state index contributed by atoms with van der Waals surface area (Å²) in [4.78, 5) is 0. The van der Waals surface area contributed by atoms with Gasteiger partial charge in [0.1, 0.15) is 6.17 Å². The Morgan fingerprint density at radius 3 is 2.71 bits per heavy atom. The van der Waals surface area contributed by atoms with E-state index < -0.39 is 6.17 Å². The normalized spacial score (nSPS) is 12.9. The van der Waals surface area contributed by atoms with Crippen molar-refractivity contribution >= 4 is 15.9 Å². The van der Waals surface area contributed by atoms with Gasteiger partial charge in [-0.1, -0.05) is 28.1 Å². The van der Waals surface area contributed by atoms with Gasteiger partial charge in [-0.2, -0.15) is 0 Å². The van der Waals surface area contributed by atoms with Gasteiger partial charge in [-0.25, -0.2) is 4.39 Å². The van der Waals surface area contributed by atoms with Crippen LogP contribution in [-0.4, -0.2) is 13.6 Å². The van der Waals surface area contributed by atoms with Gasteiger partial charge in [0.25, 0.3) is 0 Å². The standard InChI is InChI=1S/C11H15BrFN/c1-8(13)10-4-3-9(5-6-14-2)7-11(10)12/h3-4,7-8,14H,5-6H2,1-2H3. The first kappa shape index (κ1) is 11.7. The van der Waals surface area contributed by atoms with E-state index in [2.05, 4.69) is 21.2 Å². The molecule has 3 heteroatoms. The van der Waals surface area contributed by atoms with Crippen molar-refractivity contribution in [3.05, 3.63) is 33.8 Å². The van der Waals surface area contributed by atoms with Crippen LogP contribution in [0, 0.1) is 0 Å². The molecule has 0 aliphatic carbocycles. The molecule has 0 bridgehead atoms. The number of benzene rings is 1. The molecule has 0 heterocycles. The van der Waals surface area contributed by atoms with Crippen molar-refractivity contribution in [1.29, 1.82) is 0 Å². The fourth-order valence-electron chi connectivity index (χ4n) is 1.32. The summed E-state index contributed by atoms with van der Waals surface area (Å²) >= 11 is 3.38. The summed E-state index contributed by atoms with van der Waals surface area (Å²) < 4.78 is 13.9. The molecule has 0 amide bonds. The largest absolute Gasteiger partial charge is 0.319 e. The zero-order chi connectivity index (χ0) is 10.6. The van der Waals surface area contributed by atoms with E-state index in [0.717, 1.165) is 23.0 Å². The smallest absolute Gasteiger partial charge is 0.123 e. The lowest BCUT2D eigenvalue weighted by Crippen LogP contribution is -2.10. The van der Waals surface area contributed by atoms with Crippen molar-refractivity contribution in [3.8, 4) is 0 Å². The molecule has 0 aromatic heterocycles. The molecule has 0 radical (unpaired) electrons. The molecule has 0 saturated heterocycles. The summed E-state index contributed by atoms with van der Waals surface area (Å²) in [5.74, 6) is 0. The number of nitrogens with one attached hydrogen (secondary N) is 1. The van der Waals surface area contributed by atoms with Crippen LogP contribution in [0.2, 0.25) is 0 Å². The molecule has 0 aliphatic heterocycles. The van der Waals surface area contributed by atoms with E-state index in [1.54, 1.807) is 6.92 Å². The second kappa shape index (κ2) is 5.47. The van der Waals surface area contributed by atoms with Crippen LogP contribution in [0.15, 0.2) is 22.7 Å². The molecule has 1 N–H and O–H groups in total. The molecule has 1 atom stereocenters. The molecule has 0 aliphatic rings. The highest BCUT2D eigenvalue weighted by molar-refractivity contribution is 9.10. The van der Waals surface area contributed by atoms with E-state index in [0.29, 0.717) is 0 Å². The highest BCUT2D eigenvalue weighted by Gasteiger charge is 2.07. The third-order valence-electron chi connectivity index (χ3n) is 2.16. The quantitative estimate of drug-likeness (QED) is 0.876. The lowest BCUT2D eigenvalue weighted by Gasteiger charge is -2.08.